The molecule has 124 valence electrons. The number of rotatable bonds is 2. The second-order valence-electron chi connectivity index (χ2n) is 6.10. The lowest BCUT2D eigenvalue weighted by atomic mass is 10.0. The quantitative estimate of drug-likeness (QED) is 0.845. The number of pyridine rings is 2. The summed E-state index contributed by atoms with van der Waals surface area (Å²) >= 11 is 0. The topological polar surface area (TPSA) is 66.4 Å². The van der Waals surface area contributed by atoms with Gasteiger partial charge in [-0.2, -0.15) is 0 Å². The predicted octanol–water partition coefficient (Wildman–Crippen LogP) is 1.85. The van der Waals surface area contributed by atoms with Crippen molar-refractivity contribution < 1.29 is 9.59 Å². The van der Waals surface area contributed by atoms with Crippen LogP contribution in [0.15, 0.2) is 49.1 Å². The Morgan fingerprint density at radius 3 is 1.88 bits per heavy atom. The summed E-state index contributed by atoms with van der Waals surface area (Å²) in [5, 5.41) is 0. The lowest BCUT2D eigenvalue weighted by Gasteiger charge is -2.44. The monoisotopic (exact) mass is 324 g/mol. The maximum Gasteiger partial charge on any atom is 0.256 e. The van der Waals surface area contributed by atoms with Crippen LogP contribution in [0.2, 0.25) is 0 Å². The van der Waals surface area contributed by atoms with Crippen molar-refractivity contribution in [2.24, 2.45) is 0 Å². The molecule has 6 nitrogen and oxygen atoms in total. The fourth-order valence-corrected chi connectivity index (χ4v) is 3.20. The van der Waals surface area contributed by atoms with Crippen molar-refractivity contribution >= 4 is 11.8 Å². The van der Waals surface area contributed by atoms with Gasteiger partial charge in [-0.3, -0.25) is 19.6 Å². The molecule has 2 amide bonds. The molecule has 0 bridgehead atoms. The minimum absolute atomic E-state index is 0.0448. The van der Waals surface area contributed by atoms with Crippen LogP contribution in [0.4, 0.5) is 0 Å². The standard InChI is InChI=1S/C18H20N4O2/c1-13-11-21(17(23)15-5-3-7-19-9-15)12-14(2)22(13)18(24)16-6-4-8-20-10-16/h3-10,13-14H,11-12H2,1-2H3. The van der Waals surface area contributed by atoms with E-state index in [1.807, 2.05) is 18.7 Å². The summed E-state index contributed by atoms with van der Waals surface area (Å²) in [7, 11) is 0. The van der Waals surface area contributed by atoms with Crippen LogP contribution < -0.4 is 0 Å². The number of aromatic nitrogens is 2. The molecule has 1 fully saturated rings. The number of nitrogens with zero attached hydrogens (tertiary/aromatic N) is 4. The molecule has 3 rings (SSSR count). The first-order valence-electron chi connectivity index (χ1n) is 8.00. The summed E-state index contributed by atoms with van der Waals surface area (Å²) < 4.78 is 0. The fraction of sp³-hybridized carbons (Fsp3) is 0.333. The van der Waals surface area contributed by atoms with Crippen LogP contribution in [-0.4, -0.2) is 56.8 Å². The Bertz CT molecular complexity index is 708. The van der Waals surface area contributed by atoms with Gasteiger partial charge in [-0.05, 0) is 38.1 Å². The Morgan fingerprint density at radius 1 is 0.917 bits per heavy atom. The molecular formula is C18H20N4O2. The molecule has 0 aromatic carbocycles. The molecule has 2 unspecified atom stereocenters. The number of piperazine rings is 1. The maximum absolute atomic E-state index is 12.7. The zero-order valence-electron chi connectivity index (χ0n) is 13.8. The highest BCUT2D eigenvalue weighted by molar-refractivity contribution is 5.96. The highest BCUT2D eigenvalue weighted by Gasteiger charge is 2.35. The molecule has 1 saturated heterocycles. The minimum atomic E-state index is -0.0675. The number of amides is 2. The SMILES string of the molecule is CC1CN(C(=O)c2cccnc2)CC(C)N1C(=O)c1cccnc1. The van der Waals surface area contributed by atoms with Crippen LogP contribution in [0.1, 0.15) is 34.6 Å². The summed E-state index contributed by atoms with van der Waals surface area (Å²) in [6, 6.07) is 6.90. The molecule has 2 atom stereocenters. The van der Waals surface area contributed by atoms with Crippen molar-refractivity contribution in [1.82, 2.24) is 19.8 Å². The van der Waals surface area contributed by atoms with Gasteiger partial charge in [-0.1, -0.05) is 0 Å². The molecule has 3 heterocycles. The van der Waals surface area contributed by atoms with Crippen LogP contribution in [0.3, 0.4) is 0 Å². The van der Waals surface area contributed by atoms with Gasteiger partial charge in [0.05, 0.1) is 11.1 Å². The minimum Gasteiger partial charge on any atom is -0.334 e. The zero-order chi connectivity index (χ0) is 17.1. The van der Waals surface area contributed by atoms with Crippen molar-refractivity contribution in [2.45, 2.75) is 25.9 Å². The van der Waals surface area contributed by atoms with Crippen molar-refractivity contribution in [3.63, 3.8) is 0 Å². The summed E-state index contributed by atoms with van der Waals surface area (Å²) in [4.78, 5) is 37.0. The Hall–Kier alpha value is -2.76. The highest BCUT2D eigenvalue weighted by Crippen LogP contribution is 2.20. The van der Waals surface area contributed by atoms with E-state index < -0.39 is 0 Å². The van der Waals surface area contributed by atoms with Crippen molar-refractivity contribution in [3.8, 4) is 0 Å². The largest absolute Gasteiger partial charge is 0.334 e. The van der Waals surface area contributed by atoms with Gasteiger partial charge in [0, 0.05) is 50.0 Å². The maximum atomic E-state index is 12.7. The van der Waals surface area contributed by atoms with Crippen LogP contribution >= 0.6 is 0 Å². The van der Waals surface area contributed by atoms with E-state index in [0.717, 1.165) is 0 Å². The first kappa shape index (κ1) is 16.1. The Morgan fingerprint density at radius 2 is 1.42 bits per heavy atom. The Balaban J connectivity index is 1.75. The molecule has 0 saturated carbocycles. The van der Waals surface area contributed by atoms with Crippen LogP contribution in [-0.2, 0) is 0 Å². The summed E-state index contributed by atoms with van der Waals surface area (Å²) in [5.74, 6) is -0.0909. The molecule has 2 aromatic rings. The Kier molecular flexibility index (Phi) is 4.55. The third-order valence-electron chi connectivity index (χ3n) is 4.26. The third kappa shape index (κ3) is 3.13. The average Bonchev–Trinajstić information content (AvgIpc) is 2.61. The van der Waals surface area contributed by atoms with Crippen molar-refractivity contribution in [1.29, 1.82) is 0 Å². The van der Waals surface area contributed by atoms with Gasteiger partial charge in [0.15, 0.2) is 0 Å². The van der Waals surface area contributed by atoms with Gasteiger partial charge in [0.25, 0.3) is 11.8 Å². The van der Waals surface area contributed by atoms with Gasteiger partial charge in [-0.25, -0.2) is 0 Å². The lowest BCUT2D eigenvalue weighted by Crippen LogP contribution is -2.59. The molecule has 0 N–H and O–H groups in total. The number of carbonyl (C=O) groups excluding carboxylic acids is 2. The number of hydrogen-bond acceptors (Lipinski definition) is 4. The molecule has 1 aliphatic rings. The highest BCUT2D eigenvalue weighted by atomic mass is 16.2. The van der Waals surface area contributed by atoms with Gasteiger partial charge < -0.3 is 9.80 Å². The van der Waals surface area contributed by atoms with E-state index in [0.29, 0.717) is 24.2 Å². The number of carbonyl (C=O) groups is 2. The number of hydrogen-bond donors (Lipinski definition) is 0. The molecule has 1 aliphatic heterocycles. The fourth-order valence-electron chi connectivity index (χ4n) is 3.20. The van der Waals surface area contributed by atoms with Gasteiger partial charge in [0.2, 0.25) is 0 Å². The van der Waals surface area contributed by atoms with Crippen molar-refractivity contribution in [2.75, 3.05) is 13.1 Å². The summed E-state index contributed by atoms with van der Waals surface area (Å²) in [5.41, 5.74) is 1.15. The smallest absolute Gasteiger partial charge is 0.256 e. The van der Waals surface area contributed by atoms with Crippen LogP contribution in [0.5, 0.6) is 0 Å². The van der Waals surface area contributed by atoms with E-state index in [4.69, 9.17) is 0 Å². The van der Waals surface area contributed by atoms with Crippen LogP contribution in [0, 0.1) is 0 Å². The van der Waals surface area contributed by atoms with E-state index >= 15 is 0 Å². The first-order chi connectivity index (χ1) is 11.6. The summed E-state index contributed by atoms with van der Waals surface area (Å²) in [6.45, 7) is 4.94. The van der Waals surface area contributed by atoms with E-state index in [1.165, 1.54) is 0 Å². The molecule has 2 aromatic heterocycles. The van der Waals surface area contributed by atoms with E-state index in [2.05, 4.69) is 9.97 Å². The predicted molar refractivity (Wildman–Crippen MR) is 89.5 cm³/mol. The Labute approximate surface area is 141 Å². The van der Waals surface area contributed by atoms with Crippen LogP contribution in [0.25, 0.3) is 0 Å². The van der Waals surface area contributed by atoms with E-state index in [9.17, 15) is 9.59 Å². The second kappa shape index (κ2) is 6.78. The molecule has 6 heteroatoms. The second-order valence-corrected chi connectivity index (χ2v) is 6.10. The van der Waals surface area contributed by atoms with Gasteiger partial charge in [0.1, 0.15) is 0 Å². The molecule has 0 radical (unpaired) electrons. The molecule has 24 heavy (non-hydrogen) atoms. The normalized spacial score (nSPS) is 20.8. The van der Waals surface area contributed by atoms with Crippen molar-refractivity contribution in [3.05, 3.63) is 60.2 Å². The van der Waals surface area contributed by atoms with Gasteiger partial charge >= 0.3 is 0 Å². The average molecular weight is 324 g/mol. The summed E-state index contributed by atoms with van der Waals surface area (Å²) in [6.07, 6.45) is 6.44. The zero-order valence-corrected chi connectivity index (χ0v) is 13.8. The molecule has 0 aliphatic carbocycles. The third-order valence-corrected chi connectivity index (χ3v) is 4.26. The first-order valence-corrected chi connectivity index (χ1v) is 8.00. The lowest BCUT2D eigenvalue weighted by molar-refractivity contribution is 0.0254. The molecular weight excluding hydrogens is 304 g/mol. The van der Waals surface area contributed by atoms with Gasteiger partial charge in [-0.15, -0.1) is 0 Å². The van der Waals surface area contributed by atoms with E-state index in [-0.39, 0.29) is 23.9 Å². The molecule has 0 spiro atoms. The van der Waals surface area contributed by atoms with E-state index in [1.54, 1.807) is 54.0 Å².